The van der Waals surface area contributed by atoms with Gasteiger partial charge in [0.25, 0.3) is 5.91 Å². The van der Waals surface area contributed by atoms with Gasteiger partial charge in [0.1, 0.15) is 6.61 Å². The van der Waals surface area contributed by atoms with E-state index >= 15 is 0 Å². The second-order valence-corrected chi connectivity index (χ2v) is 7.71. The normalized spacial score (nSPS) is 11.6. The molecule has 0 saturated carbocycles. The van der Waals surface area contributed by atoms with Crippen molar-refractivity contribution in [2.24, 2.45) is 0 Å². The zero-order valence-corrected chi connectivity index (χ0v) is 18.6. The lowest BCUT2D eigenvalue weighted by atomic mass is 10.1. The third-order valence-corrected chi connectivity index (χ3v) is 5.06. The SMILES string of the molecule is COC(=O)c1[nH]nc(C(=O)N(C)CC(O)c2cccc(Br)c2)c1OCc1ccccc1. The number of hydrogen-bond acceptors (Lipinski definition) is 6. The van der Waals surface area contributed by atoms with Gasteiger partial charge in [-0.25, -0.2) is 4.79 Å². The molecule has 1 atom stereocenters. The number of nitrogens with zero attached hydrogens (tertiary/aromatic N) is 2. The lowest BCUT2D eigenvalue weighted by Gasteiger charge is -2.21. The first-order chi connectivity index (χ1) is 14.9. The van der Waals surface area contributed by atoms with Crippen molar-refractivity contribution in [2.75, 3.05) is 20.7 Å². The van der Waals surface area contributed by atoms with Crippen LogP contribution in [0.1, 0.15) is 38.2 Å². The van der Waals surface area contributed by atoms with Crippen LogP contribution >= 0.6 is 15.9 Å². The van der Waals surface area contributed by atoms with Gasteiger partial charge >= 0.3 is 5.97 Å². The molecule has 162 valence electrons. The zero-order chi connectivity index (χ0) is 22.4. The summed E-state index contributed by atoms with van der Waals surface area (Å²) in [6.07, 6.45) is -0.904. The highest BCUT2D eigenvalue weighted by Crippen LogP contribution is 2.26. The maximum absolute atomic E-state index is 13.0. The fraction of sp³-hybridized carbons (Fsp3) is 0.227. The number of aromatic nitrogens is 2. The van der Waals surface area contributed by atoms with E-state index in [0.29, 0.717) is 5.56 Å². The lowest BCUT2D eigenvalue weighted by molar-refractivity contribution is 0.0588. The average molecular weight is 488 g/mol. The molecule has 0 aliphatic heterocycles. The second kappa shape index (κ2) is 10.2. The van der Waals surface area contributed by atoms with Crippen LogP contribution in [0.5, 0.6) is 5.75 Å². The van der Waals surface area contributed by atoms with Crippen LogP contribution < -0.4 is 4.74 Å². The summed E-state index contributed by atoms with van der Waals surface area (Å²) in [4.78, 5) is 26.4. The molecule has 8 nitrogen and oxygen atoms in total. The predicted octanol–water partition coefficient (Wildman–Crippen LogP) is 3.34. The molecule has 9 heteroatoms. The number of halogens is 1. The van der Waals surface area contributed by atoms with E-state index in [1.807, 2.05) is 36.4 Å². The van der Waals surface area contributed by atoms with Gasteiger partial charge in [-0.3, -0.25) is 9.89 Å². The number of methoxy groups -OCH3 is 1. The molecule has 0 aliphatic carbocycles. The molecule has 1 amide bonds. The van der Waals surface area contributed by atoms with Crippen molar-refractivity contribution in [3.63, 3.8) is 0 Å². The number of carbonyl (C=O) groups is 2. The minimum absolute atomic E-state index is 0.00417. The fourth-order valence-corrected chi connectivity index (χ4v) is 3.35. The third kappa shape index (κ3) is 5.50. The van der Waals surface area contributed by atoms with Gasteiger partial charge in [-0.15, -0.1) is 0 Å². The van der Waals surface area contributed by atoms with Crippen molar-refractivity contribution < 1.29 is 24.2 Å². The van der Waals surface area contributed by atoms with Gasteiger partial charge in [0.05, 0.1) is 19.8 Å². The van der Waals surface area contributed by atoms with Crippen molar-refractivity contribution >= 4 is 27.8 Å². The van der Waals surface area contributed by atoms with Crippen molar-refractivity contribution in [3.05, 3.63) is 81.6 Å². The molecular weight excluding hydrogens is 466 g/mol. The highest BCUT2D eigenvalue weighted by atomic mass is 79.9. The number of aliphatic hydroxyl groups excluding tert-OH is 1. The number of hydrogen-bond donors (Lipinski definition) is 2. The molecule has 0 saturated heterocycles. The molecule has 0 bridgehead atoms. The number of likely N-dealkylation sites (N-methyl/N-ethyl adjacent to an activating group) is 1. The Balaban J connectivity index is 1.80. The molecule has 0 aliphatic rings. The molecule has 1 aromatic heterocycles. The maximum atomic E-state index is 13.0. The maximum Gasteiger partial charge on any atom is 0.360 e. The first-order valence-electron chi connectivity index (χ1n) is 9.43. The van der Waals surface area contributed by atoms with Crippen LogP contribution in [0.25, 0.3) is 0 Å². The standard InChI is InChI=1S/C22H22BrN3O5/c1-26(12-17(27)15-9-6-10-16(23)11-15)21(28)18-20(19(25-24-18)22(29)30-2)31-13-14-7-4-3-5-8-14/h3-11,17,27H,12-13H2,1-2H3,(H,24,25). The van der Waals surface area contributed by atoms with Gasteiger partial charge in [0.15, 0.2) is 17.1 Å². The highest BCUT2D eigenvalue weighted by Gasteiger charge is 2.28. The van der Waals surface area contributed by atoms with Gasteiger partial charge < -0.3 is 19.5 Å². The molecule has 0 fully saturated rings. The Bertz CT molecular complexity index is 1050. The zero-order valence-electron chi connectivity index (χ0n) is 17.0. The fourth-order valence-electron chi connectivity index (χ4n) is 2.93. The quantitative estimate of drug-likeness (QED) is 0.472. The average Bonchev–Trinajstić information content (AvgIpc) is 3.21. The Morgan fingerprint density at radius 1 is 1.19 bits per heavy atom. The number of benzene rings is 2. The minimum atomic E-state index is -0.904. The predicted molar refractivity (Wildman–Crippen MR) is 117 cm³/mol. The second-order valence-electron chi connectivity index (χ2n) is 6.80. The summed E-state index contributed by atoms with van der Waals surface area (Å²) in [6, 6.07) is 16.5. The van der Waals surface area contributed by atoms with E-state index in [1.165, 1.54) is 19.1 Å². The smallest absolute Gasteiger partial charge is 0.360 e. The molecule has 2 aromatic carbocycles. The minimum Gasteiger partial charge on any atom is -0.484 e. The monoisotopic (exact) mass is 487 g/mol. The van der Waals surface area contributed by atoms with Crippen molar-refractivity contribution in [3.8, 4) is 5.75 Å². The summed E-state index contributed by atoms with van der Waals surface area (Å²) in [7, 11) is 2.77. The molecule has 0 spiro atoms. The Kier molecular flexibility index (Phi) is 7.43. The molecule has 0 radical (unpaired) electrons. The van der Waals surface area contributed by atoms with Crippen LogP contribution in [-0.4, -0.2) is 52.8 Å². The summed E-state index contributed by atoms with van der Waals surface area (Å²) in [5, 5.41) is 17.0. The summed E-state index contributed by atoms with van der Waals surface area (Å²) < 4.78 is 11.4. The number of ether oxygens (including phenoxy) is 2. The van der Waals surface area contributed by atoms with Crippen molar-refractivity contribution in [1.29, 1.82) is 0 Å². The van der Waals surface area contributed by atoms with E-state index in [1.54, 1.807) is 18.2 Å². The number of carbonyl (C=O) groups excluding carboxylic acids is 2. The molecule has 1 unspecified atom stereocenters. The Morgan fingerprint density at radius 2 is 1.94 bits per heavy atom. The topological polar surface area (TPSA) is 105 Å². The van der Waals surface area contributed by atoms with Gasteiger partial charge in [0, 0.05) is 11.5 Å². The first-order valence-corrected chi connectivity index (χ1v) is 10.2. The van der Waals surface area contributed by atoms with E-state index < -0.39 is 18.0 Å². The van der Waals surface area contributed by atoms with E-state index in [2.05, 4.69) is 26.1 Å². The lowest BCUT2D eigenvalue weighted by Crippen LogP contribution is -2.31. The molecule has 2 N–H and O–H groups in total. The van der Waals surface area contributed by atoms with Crippen LogP contribution in [0.2, 0.25) is 0 Å². The number of rotatable bonds is 8. The van der Waals surface area contributed by atoms with Gasteiger partial charge in [-0.2, -0.15) is 5.10 Å². The van der Waals surface area contributed by atoms with Crippen LogP contribution in [0.3, 0.4) is 0 Å². The molecule has 31 heavy (non-hydrogen) atoms. The Hall–Kier alpha value is -3.17. The number of amides is 1. The van der Waals surface area contributed by atoms with Crippen LogP contribution in [0, 0.1) is 0 Å². The van der Waals surface area contributed by atoms with Crippen molar-refractivity contribution in [2.45, 2.75) is 12.7 Å². The number of H-pyrrole nitrogens is 1. The van der Waals surface area contributed by atoms with Crippen molar-refractivity contribution in [1.82, 2.24) is 15.1 Å². The molecular formula is C22H22BrN3O5. The summed E-state index contributed by atoms with van der Waals surface area (Å²) in [5.41, 5.74) is 1.39. The largest absolute Gasteiger partial charge is 0.484 e. The highest BCUT2D eigenvalue weighted by molar-refractivity contribution is 9.10. The number of aromatic amines is 1. The number of nitrogens with one attached hydrogen (secondary N) is 1. The van der Waals surface area contributed by atoms with Crippen LogP contribution in [-0.2, 0) is 11.3 Å². The molecule has 3 rings (SSSR count). The summed E-state index contributed by atoms with van der Waals surface area (Å²) >= 11 is 3.37. The van der Waals surface area contributed by atoms with E-state index in [4.69, 9.17) is 9.47 Å². The van der Waals surface area contributed by atoms with E-state index in [9.17, 15) is 14.7 Å². The summed E-state index contributed by atoms with van der Waals surface area (Å²) in [5.74, 6) is -1.21. The van der Waals surface area contributed by atoms with Gasteiger partial charge in [-0.05, 0) is 23.3 Å². The van der Waals surface area contributed by atoms with Crippen LogP contribution in [0.15, 0.2) is 59.1 Å². The Labute approximate surface area is 187 Å². The first kappa shape index (κ1) is 22.5. The molecule has 1 heterocycles. The number of esters is 1. The van der Waals surface area contributed by atoms with Crippen LogP contribution in [0.4, 0.5) is 0 Å². The number of aliphatic hydroxyl groups is 1. The third-order valence-electron chi connectivity index (χ3n) is 4.57. The molecule has 3 aromatic rings. The van der Waals surface area contributed by atoms with E-state index in [0.717, 1.165) is 10.0 Å². The van der Waals surface area contributed by atoms with Gasteiger partial charge in [0.2, 0.25) is 0 Å². The van der Waals surface area contributed by atoms with E-state index in [-0.39, 0.29) is 30.3 Å². The van der Waals surface area contributed by atoms with Gasteiger partial charge in [-0.1, -0.05) is 58.4 Å². The summed E-state index contributed by atoms with van der Waals surface area (Å²) in [6.45, 7) is 0.156. The Morgan fingerprint density at radius 3 is 2.61 bits per heavy atom.